The molecule has 0 bridgehead atoms. The molecule has 1 saturated heterocycles. The van der Waals surface area contributed by atoms with Gasteiger partial charge in [-0.3, -0.25) is 14.9 Å². The lowest BCUT2D eigenvalue weighted by Gasteiger charge is -2.16. The molecule has 8 heteroatoms. The molecule has 0 saturated carbocycles. The van der Waals surface area contributed by atoms with Crippen LogP contribution in [0.15, 0.2) is 42.5 Å². The van der Waals surface area contributed by atoms with Gasteiger partial charge in [0.25, 0.3) is 11.6 Å². The summed E-state index contributed by atoms with van der Waals surface area (Å²) in [6.07, 6.45) is 0.270. The Morgan fingerprint density at radius 1 is 1.28 bits per heavy atom. The van der Waals surface area contributed by atoms with Crippen molar-refractivity contribution >= 4 is 11.6 Å². The number of hydrazine groups is 1. The van der Waals surface area contributed by atoms with Crippen molar-refractivity contribution in [1.82, 2.24) is 16.2 Å². The molecule has 0 aromatic heterocycles. The molecule has 1 aliphatic heterocycles. The van der Waals surface area contributed by atoms with E-state index in [1.54, 1.807) is 6.07 Å². The van der Waals surface area contributed by atoms with Crippen LogP contribution in [-0.4, -0.2) is 23.6 Å². The lowest BCUT2D eigenvalue weighted by Crippen LogP contribution is -2.45. The Labute approximate surface area is 169 Å². The fraction of sp³-hybridized carbons (Fsp3) is 0.381. The van der Waals surface area contributed by atoms with E-state index < -0.39 is 4.92 Å². The van der Waals surface area contributed by atoms with Gasteiger partial charge in [0, 0.05) is 24.6 Å². The molecule has 1 heterocycles. The summed E-state index contributed by atoms with van der Waals surface area (Å²) in [4.78, 5) is 22.9. The summed E-state index contributed by atoms with van der Waals surface area (Å²) < 4.78 is 5.77. The van der Waals surface area contributed by atoms with Gasteiger partial charge in [0.15, 0.2) is 6.61 Å². The summed E-state index contributed by atoms with van der Waals surface area (Å²) in [5, 5.41) is 13.8. The van der Waals surface area contributed by atoms with Gasteiger partial charge in [-0.05, 0) is 35.6 Å². The number of hydrogen-bond donors (Lipinski definition) is 3. The third kappa shape index (κ3) is 5.30. The Balaban J connectivity index is 1.54. The maximum atomic E-state index is 12.3. The molecule has 0 spiro atoms. The highest BCUT2D eigenvalue weighted by molar-refractivity contribution is 5.77. The fourth-order valence-electron chi connectivity index (χ4n) is 3.35. The third-order valence-corrected chi connectivity index (χ3v) is 4.87. The summed E-state index contributed by atoms with van der Waals surface area (Å²) in [6.45, 7) is 6.07. The van der Waals surface area contributed by atoms with E-state index >= 15 is 0 Å². The molecule has 2 unspecified atom stereocenters. The maximum absolute atomic E-state index is 12.3. The summed E-state index contributed by atoms with van der Waals surface area (Å²) in [6, 6.07) is 12.3. The predicted octanol–water partition coefficient (Wildman–Crippen LogP) is 3.09. The monoisotopic (exact) mass is 398 g/mol. The zero-order valence-electron chi connectivity index (χ0n) is 16.8. The van der Waals surface area contributed by atoms with Crippen molar-refractivity contribution in [3.8, 4) is 5.75 Å². The molecular formula is C21H26N4O4. The van der Waals surface area contributed by atoms with Gasteiger partial charge in [-0.2, -0.15) is 0 Å². The minimum Gasteiger partial charge on any atom is -0.483 e. The van der Waals surface area contributed by atoms with Crippen LogP contribution in [0.5, 0.6) is 5.75 Å². The van der Waals surface area contributed by atoms with Gasteiger partial charge >= 0.3 is 0 Å². The quantitative estimate of drug-likeness (QED) is 0.489. The number of carbonyl (C=O) groups excluding carboxylic acids is 1. The predicted molar refractivity (Wildman–Crippen MR) is 109 cm³/mol. The maximum Gasteiger partial charge on any atom is 0.269 e. The number of carbonyl (C=O) groups is 1. The largest absolute Gasteiger partial charge is 0.483 e. The van der Waals surface area contributed by atoms with E-state index in [1.807, 2.05) is 31.2 Å². The van der Waals surface area contributed by atoms with E-state index in [4.69, 9.17) is 4.74 Å². The zero-order valence-corrected chi connectivity index (χ0v) is 16.8. The summed E-state index contributed by atoms with van der Waals surface area (Å²) in [7, 11) is 0. The van der Waals surface area contributed by atoms with E-state index in [2.05, 4.69) is 30.0 Å². The number of nitrogens with zero attached hydrogens (tertiary/aromatic N) is 1. The molecule has 1 fully saturated rings. The van der Waals surface area contributed by atoms with Gasteiger partial charge in [-0.25, -0.2) is 10.9 Å². The molecule has 0 radical (unpaired) electrons. The lowest BCUT2D eigenvalue weighted by atomic mass is 10.0. The van der Waals surface area contributed by atoms with E-state index in [0.717, 1.165) is 22.4 Å². The Bertz CT molecular complexity index is 900. The van der Waals surface area contributed by atoms with E-state index in [0.29, 0.717) is 12.3 Å². The normalized spacial score (nSPS) is 18.6. The average molecular weight is 398 g/mol. The second-order valence-corrected chi connectivity index (χ2v) is 7.53. The van der Waals surface area contributed by atoms with E-state index in [1.165, 1.54) is 12.1 Å². The number of non-ortho nitro benzene ring substituents is 1. The smallest absolute Gasteiger partial charge is 0.269 e. The highest BCUT2D eigenvalue weighted by atomic mass is 16.6. The molecule has 1 aliphatic rings. The van der Waals surface area contributed by atoms with Crippen LogP contribution in [0.2, 0.25) is 0 Å². The van der Waals surface area contributed by atoms with Crippen LogP contribution in [0.25, 0.3) is 0 Å². The topological polar surface area (TPSA) is 106 Å². The standard InChI is InChI=1S/C21H26N4O4/c1-13(2)17-8-7-14(3)9-19(17)29-12-21(26)22-20-11-18(23-24-20)15-5-4-6-16(10-15)25(27)28/h4-10,13,18,20,23-24H,11-12H2,1-3H3,(H,22,26). The van der Waals surface area contributed by atoms with Crippen LogP contribution in [0.3, 0.4) is 0 Å². The molecule has 2 aromatic rings. The first-order chi connectivity index (χ1) is 13.8. The van der Waals surface area contributed by atoms with Crippen molar-refractivity contribution in [2.75, 3.05) is 6.61 Å². The molecule has 3 rings (SSSR count). The Hall–Kier alpha value is -2.97. The number of aryl methyl sites for hydroxylation is 1. The van der Waals surface area contributed by atoms with E-state index in [9.17, 15) is 14.9 Å². The number of amides is 1. The first kappa shape index (κ1) is 20.8. The number of ether oxygens (including phenoxy) is 1. The van der Waals surface area contributed by atoms with Crippen molar-refractivity contribution in [2.45, 2.75) is 45.3 Å². The van der Waals surface area contributed by atoms with Gasteiger partial charge in [-0.15, -0.1) is 0 Å². The van der Waals surface area contributed by atoms with Crippen LogP contribution >= 0.6 is 0 Å². The highest BCUT2D eigenvalue weighted by Gasteiger charge is 2.27. The molecule has 8 nitrogen and oxygen atoms in total. The van der Waals surface area contributed by atoms with Gasteiger partial charge in [-0.1, -0.05) is 38.1 Å². The number of nitrogens with one attached hydrogen (secondary N) is 3. The second kappa shape index (κ2) is 9.02. The summed E-state index contributed by atoms with van der Waals surface area (Å²) in [5.41, 5.74) is 9.06. The average Bonchev–Trinajstić information content (AvgIpc) is 3.14. The molecular weight excluding hydrogens is 372 g/mol. The molecule has 2 aromatic carbocycles. The fourth-order valence-corrected chi connectivity index (χ4v) is 3.35. The highest BCUT2D eigenvalue weighted by Crippen LogP contribution is 2.28. The third-order valence-electron chi connectivity index (χ3n) is 4.87. The van der Waals surface area contributed by atoms with Crippen molar-refractivity contribution in [3.63, 3.8) is 0 Å². The first-order valence-corrected chi connectivity index (χ1v) is 9.61. The SMILES string of the molecule is Cc1ccc(C(C)C)c(OCC(=O)NC2CC(c3cccc([N+](=O)[O-])c3)NN2)c1. The Morgan fingerprint density at radius 2 is 2.07 bits per heavy atom. The van der Waals surface area contributed by atoms with Crippen LogP contribution in [0, 0.1) is 17.0 Å². The molecule has 29 heavy (non-hydrogen) atoms. The molecule has 154 valence electrons. The van der Waals surface area contributed by atoms with Crippen LogP contribution in [0.4, 0.5) is 5.69 Å². The Kier molecular flexibility index (Phi) is 6.46. The van der Waals surface area contributed by atoms with Gasteiger partial charge < -0.3 is 10.1 Å². The number of nitro benzene ring substituents is 1. The number of rotatable bonds is 7. The molecule has 0 aliphatic carbocycles. The van der Waals surface area contributed by atoms with Gasteiger partial charge in [0.2, 0.25) is 0 Å². The minimum absolute atomic E-state index is 0.0456. The zero-order chi connectivity index (χ0) is 21.0. The summed E-state index contributed by atoms with van der Waals surface area (Å²) in [5.74, 6) is 0.785. The van der Waals surface area contributed by atoms with Crippen molar-refractivity contribution in [1.29, 1.82) is 0 Å². The Morgan fingerprint density at radius 3 is 2.79 bits per heavy atom. The van der Waals surface area contributed by atoms with Gasteiger partial charge in [0.05, 0.1) is 11.1 Å². The lowest BCUT2D eigenvalue weighted by molar-refractivity contribution is -0.384. The summed E-state index contributed by atoms with van der Waals surface area (Å²) >= 11 is 0. The molecule has 2 atom stereocenters. The second-order valence-electron chi connectivity index (χ2n) is 7.53. The number of benzene rings is 2. The van der Waals surface area contributed by atoms with Crippen LogP contribution in [-0.2, 0) is 4.79 Å². The van der Waals surface area contributed by atoms with E-state index in [-0.39, 0.29) is 30.4 Å². The van der Waals surface area contributed by atoms with Crippen molar-refractivity contribution < 1.29 is 14.5 Å². The van der Waals surface area contributed by atoms with Gasteiger partial charge in [0.1, 0.15) is 5.75 Å². The molecule has 3 N–H and O–H groups in total. The number of nitro groups is 1. The first-order valence-electron chi connectivity index (χ1n) is 9.61. The van der Waals surface area contributed by atoms with Crippen molar-refractivity contribution in [2.24, 2.45) is 0 Å². The van der Waals surface area contributed by atoms with Crippen molar-refractivity contribution in [3.05, 3.63) is 69.3 Å². The minimum atomic E-state index is -0.417. The van der Waals surface area contributed by atoms with Crippen LogP contribution < -0.4 is 20.9 Å². The molecule has 1 amide bonds. The number of hydrogen-bond acceptors (Lipinski definition) is 6. The van der Waals surface area contributed by atoms with Crippen LogP contribution in [0.1, 0.15) is 48.9 Å².